The zero-order valence-corrected chi connectivity index (χ0v) is 15.9. The Bertz CT molecular complexity index is 828. The summed E-state index contributed by atoms with van der Waals surface area (Å²) in [4.78, 5) is 32.3. The average Bonchev–Trinajstić information content (AvgIpc) is 2.68. The summed E-state index contributed by atoms with van der Waals surface area (Å²) in [7, 11) is 1.57. The first kappa shape index (κ1) is 18.7. The predicted octanol–water partition coefficient (Wildman–Crippen LogP) is 2.32. The summed E-state index contributed by atoms with van der Waals surface area (Å²) in [5.41, 5.74) is 2.14. The second kappa shape index (κ2) is 8.07. The van der Waals surface area contributed by atoms with Gasteiger partial charge in [0.15, 0.2) is 0 Å². The van der Waals surface area contributed by atoms with Crippen molar-refractivity contribution >= 4 is 23.3 Å². The molecule has 0 atom stereocenters. The van der Waals surface area contributed by atoms with E-state index in [1.807, 2.05) is 36.1 Å². The van der Waals surface area contributed by atoms with Crippen molar-refractivity contribution in [1.29, 1.82) is 0 Å². The van der Waals surface area contributed by atoms with Crippen molar-refractivity contribution in [3.05, 3.63) is 47.7 Å². The highest BCUT2D eigenvalue weighted by Crippen LogP contribution is 2.26. The molecule has 0 saturated carbocycles. The second-order valence-corrected chi connectivity index (χ2v) is 6.56. The van der Waals surface area contributed by atoms with Crippen molar-refractivity contribution in [3.8, 4) is 5.75 Å². The van der Waals surface area contributed by atoms with Crippen molar-refractivity contribution in [2.45, 2.75) is 13.8 Å². The zero-order chi connectivity index (χ0) is 19.4. The third kappa shape index (κ3) is 4.36. The van der Waals surface area contributed by atoms with Crippen LogP contribution in [0.1, 0.15) is 22.8 Å². The minimum absolute atomic E-state index is 0.0983. The van der Waals surface area contributed by atoms with E-state index >= 15 is 0 Å². The van der Waals surface area contributed by atoms with Crippen LogP contribution in [0.5, 0.6) is 5.75 Å². The summed E-state index contributed by atoms with van der Waals surface area (Å²) < 4.78 is 5.30. The van der Waals surface area contributed by atoms with E-state index in [9.17, 15) is 9.59 Å². The average molecular weight is 368 g/mol. The van der Waals surface area contributed by atoms with Gasteiger partial charge in [0.25, 0.3) is 5.91 Å². The lowest BCUT2D eigenvalue weighted by Gasteiger charge is -2.34. The number of nitrogens with zero attached hydrogens (tertiary/aromatic N) is 3. The number of nitrogens with one attached hydrogen (secondary N) is 1. The van der Waals surface area contributed by atoms with E-state index in [-0.39, 0.29) is 11.8 Å². The van der Waals surface area contributed by atoms with Crippen molar-refractivity contribution < 1.29 is 14.3 Å². The second-order valence-electron chi connectivity index (χ2n) is 6.56. The van der Waals surface area contributed by atoms with Crippen LogP contribution < -0.4 is 15.0 Å². The molecule has 2 aromatic rings. The maximum atomic E-state index is 12.5. The predicted molar refractivity (Wildman–Crippen MR) is 104 cm³/mol. The third-order valence-corrected chi connectivity index (χ3v) is 4.66. The first-order chi connectivity index (χ1) is 13.0. The molecule has 1 fully saturated rings. The molecule has 0 aliphatic carbocycles. The highest BCUT2D eigenvalue weighted by Gasteiger charge is 2.20. The quantitative estimate of drug-likeness (QED) is 0.896. The van der Waals surface area contributed by atoms with Gasteiger partial charge in [-0.05, 0) is 36.8 Å². The molecule has 1 aromatic heterocycles. The molecule has 0 bridgehead atoms. The van der Waals surface area contributed by atoms with Crippen molar-refractivity contribution in [3.63, 3.8) is 0 Å². The fourth-order valence-corrected chi connectivity index (χ4v) is 3.07. The lowest BCUT2D eigenvalue weighted by Crippen LogP contribution is -2.48. The number of amides is 2. The number of methoxy groups -OCH3 is 1. The van der Waals surface area contributed by atoms with Crippen LogP contribution in [-0.4, -0.2) is 55.0 Å². The molecule has 1 aliphatic heterocycles. The molecule has 27 heavy (non-hydrogen) atoms. The highest BCUT2D eigenvalue weighted by atomic mass is 16.5. The molecule has 1 aromatic carbocycles. The summed E-state index contributed by atoms with van der Waals surface area (Å²) in [5.74, 6) is 1.28. The van der Waals surface area contributed by atoms with E-state index in [0.29, 0.717) is 30.1 Å². The van der Waals surface area contributed by atoms with E-state index in [1.165, 1.54) is 0 Å². The van der Waals surface area contributed by atoms with Crippen LogP contribution in [-0.2, 0) is 4.79 Å². The molecule has 0 radical (unpaired) electrons. The topological polar surface area (TPSA) is 74.8 Å². The third-order valence-electron chi connectivity index (χ3n) is 4.66. The molecular formula is C20H24N4O3. The normalized spacial score (nSPS) is 14.0. The SMILES string of the molecule is COc1ccc(C)cc1NC(=O)c1ccc(N2CCN(C(C)=O)CC2)nc1. The van der Waals surface area contributed by atoms with Crippen LogP contribution in [0.15, 0.2) is 36.5 Å². The number of anilines is 2. The van der Waals surface area contributed by atoms with Crippen LogP contribution in [0, 0.1) is 6.92 Å². The Morgan fingerprint density at radius 1 is 1.11 bits per heavy atom. The lowest BCUT2D eigenvalue weighted by molar-refractivity contribution is -0.129. The van der Waals surface area contributed by atoms with E-state index in [2.05, 4.69) is 15.2 Å². The van der Waals surface area contributed by atoms with Gasteiger partial charge in [-0.15, -0.1) is 0 Å². The molecule has 3 rings (SSSR count). The first-order valence-corrected chi connectivity index (χ1v) is 8.90. The number of piperazine rings is 1. The highest BCUT2D eigenvalue weighted by molar-refractivity contribution is 6.05. The molecule has 1 N–H and O–H groups in total. The monoisotopic (exact) mass is 368 g/mol. The van der Waals surface area contributed by atoms with Gasteiger partial charge < -0.3 is 19.9 Å². The minimum atomic E-state index is -0.237. The molecule has 142 valence electrons. The molecular weight excluding hydrogens is 344 g/mol. The fraction of sp³-hybridized carbons (Fsp3) is 0.350. The first-order valence-electron chi connectivity index (χ1n) is 8.90. The molecule has 7 heteroatoms. The Kier molecular flexibility index (Phi) is 5.59. The van der Waals surface area contributed by atoms with Crippen LogP contribution >= 0.6 is 0 Å². The standard InChI is InChI=1S/C20H24N4O3/c1-14-4-6-18(27-3)17(12-14)22-20(26)16-5-7-19(21-13-16)24-10-8-23(9-11-24)15(2)25/h4-7,12-13H,8-11H2,1-3H3,(H,22,26). The smallest absolute Gasteiger partial charge is 0.257 e. The number of carbonyl (C=O) groups is 2. The van der Waals surface area contributed by atoms with E-state index in [1.54, 1.807) is 26.3 Å². The van der Waals surface area contributed by atoms with Gasteiger partial charge >= 0.3 is 0 Å². The molecule has 2 amide bonds. The number of aryl methyl sites for hydroxylation is 1. The summed E-state index contributed by atoms with van der Waals surface area (Å²) in [5, 5.41) is 2.87. The van der Waals surface area contributed by atoms with E-state index < -0.39 is 0 Å². The van der Waals surface area contributed by atoms with Gasteiger partial charge in [0.1, 0.15) is 11.6 Å². The van der Waals surface area contributed by atoms with Crippen molar-refractivity contribution in [1.82, 2.24) is 9.88 Å². The molecule has 1 aliphatic rings. The summed E-state index contributed by atoms with van der Waals surface area (Å²) >= 11 is 0. The van der Waals surface area contributed by atoms with E-state index in [4.69, 9.17) is 4.74 Å². The number of benzene rings is 1. The summed E-state index contributed by atoms with van der Waals surface area (Å²) in [6.07, 6.45) is 1.57. The maximum Gasteiger partial charge on any atom is 0.257 e. The van der Waals surface area contributed by atoms with Crippen LogP contribution in [0.3, 0.4) is 0 Å². The number of rotatable bonds is 4. The van der Waals surface area contributed by atoms with Gasteiger partial charge in [0.2, 0.25) is 5.91 Å². The van der Waals surface area contributed by atoms with Gasteiger partial charge in [0, 0.05) is 39.3 Å². The number of aromatic nitrogens is 1. The minimum Gasteiger partial charge on any atom is -0.495 e. The maximum absolute atomic E-state index is 12.5. The summed E-state index contributed by atoms with van der Waals surface area (Å²) in [6, 6.07) is 9.22. The molecule has 0 unspecified atom stereocenters. The molecule has 0 spiro atoms. The van der Waals surface area contributed by atoms with Gasteiger partial charge in [-0.3, -0.25) is 9.59 Å². The van der Waals surface area contributed by atoms with E-state index in [0.717, 1.165) is 24.5 Å². The Morgan fingerprint density at radius 2 is 1.85 bits per heavy atom. The number of carbonyl (C=O) groups excluding carboxylic acids is 2. The molecule has 7 nitrogen and oxygen atoms in total. The van der Waals surface area contributed by atoms with Crippen LogP contribution in [0.25, 0.3) is 0 Å². The lowest BCUT2D eigenvalue weighted by atomic mass is 10.2. The Labute approximate surface area is 158 Å². The zero-order valence-electron chi connectivity index (χ0n) is 15.9. The molecule has 1 saturated heterocycles. The largest absolute Gasteiger partial charge is 0.495 e. The van der Waals surface area contributed by atoms with Gasteiger partial charge in [-0.1, -0.05) is 6.07 Å². The van der Waals surface area contributed by atoms with Crippen molar-refractivity contribution in [2.24, 2.45) is 0 Å². The number of pyridine rings is 1. The Balaban J connectivity index is 1.66. The number of ether oxygens (including phenoxy) is 1. The van der Waals surface area contributed by atoms with Crippen LogP contribution in [0.4, 0.5) is 11.5 Å². The van der Waals surface area contributed by atoms with Gasteiger partial charge in [-0.2, -0.15) is 0 Å². The summed E-state index contributed by atoms with van der Waals surface area (Å²) in [6.45, 7) is 6.39. The van der Waals surface area contributed by atoms with Gasteiger partial charge in [0.05, 0.1) is 18.4 Å². The number of hydrogen-bond donors (Lipinski definition) is 1. The number of hydrogen-bond acceptors (Lipinski definition) is 5. The van der Waals surface area contributed by atoms with Crippen LogP contribution in [0.2, 0.25) is 0 Å². The fourth-order valence-electron chi connectivity index (χ4n) is 3.07. The molecule has 2 heterocycles. The van der Waals surface area contributed by atoms with Crippen molar-refractivity contribution in [2.75, 3.05) is 43.5 Å². The Morgan fingerprint density at radius 3 is 2.44 bits per heavy atom. The van der Waals surface area contributed by atoms with Gasteiger partial charge in [-0.25, -0.2) is 4.98 Å². The Hall–Kier alpha value is -3.09.